The molecule has 0 N–H and O–H groups in total. The van der Waals surface area contributed by atoms with E-state index in [9.17, 15) is 18.0 Å². The first-order valence-electron chi connectivity index (χ1n) is 8.69. The molecule has 26 heavy (non-hydrogen) atoms. The van der Waals surface area contributed by atoms with Gasteiger partial charge in [-0.3, -0.25) is 4.79 Å². The average molecular weight is 368 g/mol. The Kier molecular flexibility index (Phi) is 6.39. The van der Waals surface area contributed by atoms with Crippen molar-refractivity contribution in [2.45, 2.75) is 52.3 Å². The smallest absolute Gasteiger partial charge is 0.335 e. The Balaban J connectivity index is 2.33. The maximum absolute atomic E-state index is 13.2. The maximum atomic E-state index is 13.2. The number of para-hydroxylation sites is 1. The van der Waals surface area contributed by atoms with Gasteiger partial charge in [0.1, 0.15) is 0 Å². The molecule has 0 aliphatic rings. The molecule has 0 saturated carbocycles. The largest absolute Gasteiger partial charge is 0.418 e. The Morgan fingerprint density at radius 3 is 2.58 bits per heavy atom. The zero-order chi connectivity index (χ0) is 19.3. The van der Waals surface area contributed by atoms with Gasteiger partial charge in [0.05, 0.1) is 17.4 Å². The number of aromatic nitrogens is 3. The molecular formula is C18H23F3N4O. The van der Waals surface area contributed by atoms with Gasteiger partial charge in [-0.1, -0.05) is 37.6 Å². The number of rotatable bonds is 7. The lowest BCUT2D eigenvalue weighted by molar-refractivity contribution is -0.137. The van der Waals surface area contributed by atoms with Crippen LogP contribution in [0.25, 0.3) is 5.69 Å². The highest BCUT2D eigenvalue weighted by Crippen LogP contribution is 2.33. The summed E-state index contributed by atoms with van der Waals surface area (Å²) in [5, 5.41) is 7.56. The van der Waals surface area contributed by atoms with E-state index in [1.165, 1.54) is 24.4 Å². The third-order valence-electron chi connectivity index (χ3n) is 4.31. The van der Waals surface area contributed by atoms with Crippen molar-refractivity contribution >= 4 is 5.91 Å². The minimum absolute atomic E-state index is 0.0154. The first kappa shape index (κ1) is 19.9. The molecule has 0 aliphatic carbocycles. The number of amides is 1. The summed E-state index contributed by atoms with van der Waals surface area (Å²) in [6, 6.07) is 5.09. The van der Waals surface area contributed by atoms with E-state index in [4.69, 9.17) is 0 Å². The molecule has 0 bridgehead atoms. The van der Waals surface area contributed by atoms with Gasteiger partial charge in [0.15, 0.2) is 5.69 Å². The van der Waals surface area contributed by atoms with E-state index in [1.807, 2.05) is 20.8 Å². The number of unbranched alkanes of at least 4 members (excludes halogenated alkanes) is 1. The van der Waals surface area contributed by atoms with Crippen LogP contribution in [-0.2, 0) is 6.18 Å². The summed E-state index contributed by atoms with van der Waals surface area (Å²) in [6.45, 7) is 6.53. The minimum atomic E-state index is -4.52. The zero-order valence-corrected chi connectivity index (χ0v) is 15.1. The average Bonchev–Trinajstić information content (AvgIpc) is 3.10. The summed E-state index contributed by atoms with van der Waals surface area (Å²) in [5.74, 6) is -0.316. The van der Waals surface area contributed by atoms with Gasteiger partial charge >= 0.3 is 6.18 Å². The van der Waals surface area contributed by atoms with Crippen LogP contribution in [0.1, 0.15) is 56.1 Å². The van der Waals surface area contributed by atoms with E-state index in [0.29, 0.717) is 6.54 Å². The van der Waals surface area contributed by atoms with Crippen LogP contribution in [0.4, 0.5) is 13.2 Å². The molecule has 0 saturated heterocycles. The highest BCUT2D eigenvalue weighted by molar-refractivity contribution is 5.92. The van der Waals surface area contributed by atoms with Gasteiger partial charge in [-0.15, -0.1) is 5.10 Å². The van der Waals surface area contributed by atoms with Crippen molar-refractivity contribution in [3.63, 3.8) is 0 Å². The zero-order valence-electron chi connectivity index (χ0n) is 15.1. The number of alkyl halides is 3. The van der Waals surface area contributed by atoms with Crippen molar-refractivity contribution in [1.29, 1.82) is 0 Å². The van der Waals surface area contributed by atoms with Crippen molar-refractivity contribution in [2.75, 3.05) is 6.54 Å². The first-order valence-corrected chi connectivity index (χ1v) is 8.69. The fraction of sp³-hybridized carbons (Fsp3) is 0.500. The topological polar surface area (TPSA) is 51.0 Å². The second kappa shape index (κ2) is 8.33. The minimum Gasteiger partial charge on any atom is -0.335 e. The Labute approximate surface area is 150 Å². The van der Waals surface area contributed by atoms with Gasteiger partial charge in [0, 0.05) is 12.6 Å². The normalized spacial score (nSPS) is 12.8. The summed E-state index contributed by atoms with van der Waals surface area (Å²) in [4.78, 5) is 14.5. The van der Waals surface area contributed by atoms with Gasteiger partial charge in [-0.2, -0.15) is 13.2 Å². The van der Waals surface area contributed by atoms with E-state index in [2.05, 4.69) is 10.3 Å². The Morgan fingerprint density at radius 2 is 1.96 bits per heavy atom. The standard InChI is InChI=1S/C18H23F3N4O/c1-4-6-11-24(13(3)5-2)17(26)15-12-25(23-22-15)16-10-8-7-9-14(16)18(19,20)21/h7-10,12-13H,4-6,11H2,1-3H3. The molecule has 2 aromatic rings. The van der Waals surface area contributed by atoms with Crippen molar-refractivity contribution in [3.8, 4) is 5.69 Å². The van der Waals surface area contributed by atoms with Gasteiger partial charge in [0.2, 0.25) is 0 Å². The summed E-state index contributed by atoms with van der Waals surface area (Å²) in [6.07, 6.45) is -0.696. The molecule has 2 rings (SSSR count). The van der Waals surface area contributed by atoms with E-state index in [0.717, 1.165) is 30.0 Å². The maximum Gasteiger partial charge on any atom is 0.418 e. The Bertz CT molecular complexity index is 742. The molecule has 0 aliphatic heterocycles. The monoisotopic (exact) mass is 368 g/mol. The molecule has 1 amide bonds. The van der Waals surface area contributed by atoms with Crippen LogP contribution < -0.4 is 0 Å². The molecule has 1 heterocycles. The van der Waals surface area contributed by atoms with E-state index in [-0.39, 0.29) is 23.3 Å². The molecule has 0 spiro atoms. The van der Waals surface area contributed by atoms with E-state index >= 15 is 0 Å². The summed E-state index contributed by atoms with van der Waals surface area (Å²) < 4.78 is 40.6. The summed E-state index contributed by atoms with van der Waals surface area (Å²) in [7, 11) is 0. The lowest BCUT2D eigenvalue weighted by Crippen LogP contribution is -2.39. The lowest BCUT2D eigenvalue weighted by atomic mass is 10.1. The van der Waals surface area contributed by atoms with Gasteiger partial charge in [-0.05, 0) is 31.9 Å². The molecule has 1 aromatic heterocycles. The van der Waals surface area contributed by atoms with Crippen molar-refractivity contribution in [3.05, 3.63) is 41.7 Å². The van der Waals surface area contributed by atoms with Gasteiger partial charge in [-0.25, -0.2) is 4.68 Å². The molecule has 0 radical (unpaired) electrons. The fourth-order valence-corrected chi connectivity index (χ4v) is 2.61. The number of nitrogens with zero attached hydrogens (tertiary/aromatic N) is 4. The third-order valence-corrected chi connectivity index (χ3v) is 4.31. The number of carbonyl (C=O) groups excluding carboxylic acids is 1. The number of hydrogen-bond donors (Lipinski definition) is 0. The van der Waals surface area contributed by atoms with Crippen LogP contribution in [0, 0.1) is 0 Å². The number of carbonyl (C=O) groups is 1. The lowest BCUT2D eigenvalue weighted by Gasteiger charge is -2.27. The van der Waals surface area contributed by atoms with Gasteiger partial charge < -0.3 is 4.90 Å². The van der Waals surface area contributed by atoms with Crippen molar-refractivity contribution < 1.29 is 18.0 Å². The first-order chi connectivity index (χ1) is 12.3. The second-order valence-electron chi connectivity index (χ2n) is 6.17. The van der Waals surface area contributed by atoms with Crippen LogP contribution in [0.3, 0.4) is 0 Å². The predicted octanol–water partition coefficient (Wildman–Crippen LogP) is 4.33. The molecule has 1 aromatic carbocycles. The second-order valence-corrected chi connectivity index (χ2v) is 6.17. The van der Waals surface area contributed by atoms with Crippen molar-refractivity contribution in [1.82, 2.24) is 19.9 Å². The van der Waals surface area contributed by atoms with Crippen LogP contribution in [0.5, 0.6) is 0 Å². The molecule has 1 unspecified atom stereocenters. The molecule has 142 valence electrons. The van der Waals surface area contributed by atoms with Crippen LogP contribution in [0.15, 0.2) is 30.5 Å². The SMILES string of the molecule is CCCCN(C(=O)c1cn(-c2ccccc2C(F)(F)F)nn1)C(C)CC. The molecule has 0 fully saturated rings. The predicted molar refractivity (Wildman–Crippen MR) is 92.1 cm³/mol. The molecule has 8 heteroatoms. The van der Waals surface area contributed by atoms with E-state index in [1.54, 1.807) is 4.90 Å². The molecule has 5 nitrogen and oxygen atoms in total. The van der Waals surface area contributed by atoms with Crippen molar-refractivity contribution in [2.24, 2.45) is 0 Å². The summed E-state index contributed by atoms with van der Waals surface area (Å²) in [5.41, 5.74) is -0.942. The van der Waals surface area contributed by atoms with Crippen LogP contribution >= 0.6 is 0 Å². The fourth-order valence-electron chi connectivity index (χ4n) is 2.61. The number of benzene rings is 1. The molecule has 1 atom stereocenters. The highest BCUT2D eigenvalue weighted by atomic mass is 19.4. The van der Waals surface area contributed by atoms with Crippen LogP contribution in [0.2, 0.25) is 0 Å². The van der Waals surface area contributed by atoms with E-state index < -0.39 is 11.7 Å². The number of halogens is 3. The Morgan fingerprint density at radius 1 is 1.27 bits per heavy atom. The van der Waals surface area contributed by atoms with Crippen LogP contribution in [-0.4, -0.2) is 38.4 Å². The Hall–Kier alpha value is -2.38. The molecular weight excluding hydrogens is 345 g/mol. The number of hydrogen-bond acceptors (Lipinski definition) is 3. The third kappa shape index (κ3) is 4.42. The summed E-state index contributed by atoms with van der Waals surface area (Å²) >= 11 is 0. The van der Waals surface area contributed by atoms with Gasteiger partial charge in [0.25, 0.3) is 5.91 Å². The quantitative estimate of drug-likeness (QED) is 0.731. The highest BCUT2D eigenvalue weighted by Gasteiger charge is 2.34.